The second-order valence-corrected chi connectivity index (χ2v) is 10.5. The van der Waals surface area contributed by atoms with E-state index in [-0.39, 0.29) is 34.8 Å². The molecule has 1 amide bonds. The van der Waals surface area contributed by atoms with Crippen LogP contribution < -0.4 is 5.32 Å². The van der Waals surface area contributed by atoms with E-state index in [0.29, 0.717) is 13.0 Å². The van der Waals surface area contributed by atoms with E-state index in [0.717, 1.165) is 37.9 Å². The molecule has 0 unspecified atom stereocenters. The summed E-state index contributed by atoms with van der Waals surface area (Å²) in [5.41, 5.74) is 1.43. The molecule has 1 spiro atoms. The zero-order chi connectivity index (χ0) is 16.8. The van der Waals surface area contributed by atoms with Gasteiger partial charge in [0.25, 0.3) is 0 Å². The molecule has 0 bridgehead atoms. The fourth-order valence-electron chi connectivity index (χ4n) is 4.37. The Bertz CT molecular complexity index is 708. The molecular weight excluding hydrogens is 344 g/mol. The zero-order valence-corrected chi connectivity index (χ0v) is 15.4. The SMILES string of the molecule is O=C([C@@H]1CCS(=O)(=O)C1)N(Cc1ccsc1)[C@H]1CC12CCNCC2. The van der Waals surface area contributed by atoms with Crippen molar-refractivity contribution in [3.8, 4) is 0 Å². The summed E-state index contributed by atoms with van der Waals surface area (Å²) in [6, 6.07) is 2.35. The topological polar surface area (TPSA) is 66.5 Å². The summed E-state index contributed by atoms with van der Waals surface area (Å²) in [6.07, 6.45) is 3.80. The number of thiophene rings is 1. The maximum absolute atomic E-state index is 13.1. The highest BCUT2D eigenvalue weighted by atomic mass is 32.2. The summed E-state index contributed by atoms with van der Waals surface area (Å²) in [5, 5.41) is 7.52. The van der Waals surface area contributed by atoms with Gasteiger partial charge in [0, 0.05) is 12.6 Å². The maximum Gasteiger partial charge on any atom is 0.227 e. The lowest BCUT2D eigenvalue weighted by Gasteiger charge is -2.31. The van der Waals surface area contributed by atoms with E-state index in [1.54, 1.807) is 11.3 Å². The van der Waals surface area contributed by atoms with Gasteiger partial charge in [0.1, 0.15) is 0 Å². The number of sulfone groups is 1. The van der Waals surface area contributed by atoms with E-state index in [2.05, 4.69) is 16.8 Å². The first kappa shape index (κ1) is 16.5. The molecule has 7 heteroatoms. The first-order chi connectivity index (χ1) is 11.5. The lowest BCUT2D eigenvalue weighted by Crippen LogP contribution is -2.42. The molecule has 3 aliphatic rings. The van der Waals surface area contributed by atoms with Gasteiger partial charge in [-0.1, -0.05) is 0 Å². The Hall–Kier alpha value is -0.920. The van der Waals surface area contributed by atoms with E-state index >= 15 is 0 Å². The Morgan fingerprint density at radius 1 is 1.38 bits per heavy atom. The van der Waals surface area contributed by atoms with Gasteiger partial charge in [-0.2, -0.15) is 11.3 Å². The number of hydrogen-bond acceptors (Lipinski definition) is 5. The lowest BCUT2D eigenvalue weighted by molar-refractivity contribution is -0.136. The highest BCUT2D eigenvalue weighted by Gasteiger charge is 2.58. The molecule has 1 saturated carbocycles. The molecule has 0 radical (unpaired) electrons. The van der Waals surface area contributed by atoms with Crippen molar-refractivity contribution in [3.63, 3.8) is 0 Å². The van der Waals surface area contributed by atoms with E-state index in [9.17, 15) is 13.2 Å². The van der Waals surface area contributed by atoms with Crippen molar-refractivity contribution in [1.82, 2.24) is 10.2 Å². The van der Waals surface area contributed by atoms with Crippen LogP contribution in [0.15, 0.2) is 16.8 Å². The lowest BCUT2D eigenvalue weighted by atomic mass is 9.93. The first-order valence-corrected chi connectivity index (χ1v) is 11.5. The minimum Gasteiger partial charge on any atom is -0.335 e. The third kappa shape index (κ3) is 3.13. The maximum atomic E-state index is 13.1. The van der Waals surface area contributed by atoms with Crippen LogP contribution in [0.3, 0.4) is 0 Å². The summed E-state index contributed by atoms with van der Waals surface area (Å²) >= 11 is 1.64. The number of amides is 1. The minimum absolute atomic E-state index is 0.0350. The van der Waals surface area contributed by atoms with Crippen molar-refractivity contribution in [2.24, 2.45) is 11.3 Å². The van der Waals surface area contributed by atoms with Crippen molar-refractivity contribution in [1.29, 1.82) is 0 Å². The Morgan fingerprint density at radius 2 is 2.17 bits per heavy atom. The van der Waals surface area contributed by atoms with E-state index in [1.165, 1.54) is 0 Å². The van der Waals surface area contributed by atoms with E-state index in [4.69, 9.17) is 0 Å². The first-order valence-electron chi connectivity index (χ1n) is 8.72. The fourth-order valence-corrected chi connectivity index (χ4v) is 6.77. The average molecular weight is 369 g/mol. The standard InChI is InChI=1S/C17H24N2O3S2/c20-16(14-2-8-24(21,22)12-14)19(10-13-1-7-23-11-13)15-9-17(15)3-5-18-6-4-17/h1,7,11,14-15,18H,2-6,8-10,12H2/t14-,15+/m1/s1. The van der Waals surface area contributed by atoms with Gasteiger partial charge in [0.05, 0.1) is 17.4 Å². The largest absolute Gasteiger partial charge is 0.335 e. The smallest absolute Gasteiger partial charge is 0.227 e. The number of piperidine rings is 1. The van der Waals surface area contributed by atoms with Crippen molar-refractivity contribution in [3.05, 3.63) is 22.4 Å². The van der Waals surface area contributed by atoms with Crippen molar-refractivity contribution in [2.75, 3.05) is 24.6 Å². The van der Waals surface area contributed by atoms with Crippen LogP contribution in [-0.2, 0) is 21.2 Å². The second-order valence-electron chi connectivity index (χ2n) is 7.53. The predicted molar refractivity (Wildman–Crippen MR) is 94.6 cm³/mol. The van der Waals surface area contributed by atoms with E-state index in [1.807, 2.05) is 10.3 Å². The van der Waals surface area contributed by atoms with Gasteiger partial charge < -0.3 is 10.2 Å². The molecule has 0 aromatic carbocycles. The Kier molecular flexibility index (Phi) is 4.21. The molecule has 1 N–H and O–H groups in total. The second kappa shape index (κ2) is 6.11. The summed E-state index contributed by atoms with van der Waals surface area (Å²) in [4.78, 5) is 15.1. The average Bonchev–Trinajstić information content (AvgIpc) is 2.94. The number of carbonyl (C=O) groups excluding carboxylic acids is 1. The highest BCUT2D eigenvalue weighted by Crippen LogP contribution is 2.56. The molecule has 4 rings (SSSR count). The summed E-state index contributed by atoms with van der Waals surface area (Å²) in [5.74, 6) is -0.0847. The molecule has 24 heavy (non-hydrogen) atoms. The van der Waals surface area contributed by atoms with Gasteiger partial charge in [0.15, 0.2) is 9.84 Å². The molecule has 132 valence electrons. The monoisotopic (exact) mass is 368 g/mol. The Balaban J connectivity index is 1.53. The number of nitrogens with zero attached hydrogens (tertiary/aromatic N) is 1. The van der Waals surface area contributed by atoms with Crippen LogP contribution in [0, 0.1) is 11.3 Å². The van der Waals surface area contributed by atoms with Crippen LogP contribution in [0.2, 0.25) is 0 Å². The summed E-state index contributed by atoms with van der Waals surface area (Å²) in [6.45, 7) is 2.67. The molecule has 5 nitrogen and oxygen atoms in total. The van der Waals surface area contributed by atoms with Crippen LogP contribution in [0.1, 0.15) is 31.2 Å². The Morgan fingerprint density at radius 3 is 2.79 bits per heavy atom. The van der Waals surface area contributed by atoms with Crippen molar-refractivity contribution in [2.45, 2.75) is 38.3 Å². The molecule has 2 aliphatic heterocycles. The molecular formula is C17H24N2O3S2. The summed E-state index contributed by atoms with van der Waals surface area (Å²) < 4.78 is 23.6. The zero-order valence-electron chi connectivity index (χ0n) is 13.7. The normalized spacial score (nSPS) is 30.3. The van der Waals surface area contributed by atoms with Gasteiger partial charge in [-0.05, 0) is 66.6 Å². The van der Waals surface area contributed by atoms with Crippen LogP contribution in [0.4, 0.5) is 0 Å². The van der Waals surface area contributed by atoms with Crippen molar-refractivity contribution >= 4 is 27.1 Å². The van der Waals surface area contributed by atoms with Gasteiger partial charge in [-0.25, -0.2) is 8.42 Å². The molecule has 1 aromatic heterocycles. The number of rotatable bonds is 4. The molecule has 3 fully saturated rings. The van der Waals surface area contributed by atoms with Crippen molar-refractivity contribution < 1.29 is 13.2 Å². The quantitative estimate of drug-likeness (QED) is 0.878. The number of nitrogens with one attached hydrogen (secondary N) is 1. The number of carbonyl (C=O) groups is 1. The predicted octanol–water partition coefficient (Wildman–Crippen LogP) is 1.65. The van der Waals surface area contributed by atoms with Gasteiger partial charge in [0.2, 0.25) is 5.91 Å². The third-order valence-electron chi connectivity index (χ3n) is 5.92. The van der Waals surface area contributed by atoms with Crippen LogP contribution in [0.5, 0.6) is 0 Å². The molecule has 1 aromatic rings. The molecule has 3 heterocycles. The molecule has 2 saturated heterocycles. The van der Waals surface area contributed by atoms with Gasteiger partial charge in [-0.3, -0.25) is 4.79 Å². The summed E-state index contributed by atoms with van der Waals surface area (Å²) in [7, 11) is -3.03. The van der Waals surface area contributed by atoms with E-state index < -0.39 is 9.84 Å². The van der Waals surface area contributed by atoms with Crippen LogP contribution in [0.25, 0.3) is 0 Å². The van der Waals surface area contributed by atoms with Crippen LogP contribution in [-0.4, -0.2) is 49.9 Å². The van der Waals surface area contributed by atoms with Crippen LogP contribution >= 0.6 is 11.3 Å². The molecule has 1 aliphatic carbocycles. The van der Waals surface area contributed by atoms with Gasteiger partial charge >= 0.3 is 0 Å². The van der Waals surface area contributed by atoms with Gasteiger partial charge in [-0.15, -0.1) is 0 Å². The fraction of sp³-hybridized carbons (Fsp3) is 0.706. The minimum atomic E-state index is -3.03. The highest BCUT2D eigenvalue weighted by molar-refractivity contribution is 7.91. The Labute approximate surface area is 147 Å². The number of hydrogen-bond donors (Lipinski definition) is 1. The molecule has 2 atom stereocenters. The third-order valence-corrected chi connectivity index (χ3v) is 8.42.